The number of carbonyl (C=O) groups is 1. The van der Waals surface area contributed by atoms with Gasteiger partial charge in [-0.2, -0.15) is 0 Å². The van der Waals surface area contributed by atoms with Crippen molar-refractivity contribution in [3.8, 4) is 0 Å². The first-order valence-electron chi connectivity index (χ1n) is 7.92. The lowest BCUT2D eigenvalue weighted by Gasteiger charge is -2.22. The lowest BCUT2D eigenvalue weighted by molar-refractivity contribution is -0.128. The van der Waals surface area contributed by atoms with Gasteiger partial charge >= 0.3 is 0 Å². The summed E-state index contributed by atoms with van der Waals surface area (Å²) in [6.45, 7) is 1.03. The van der Waals surface area contributed by atoms with Crippen molar-refractivity contribution in [3.05, 3.63) is 65.2 Å². The van der Waals surface area contributed by atoms with Gasteiger partial charge in [-0.05, 0) is 36.2 Å². The Morgan fingerprint density at radius 3 is 2.24 bits per heavy atom. The number of nitrogens with zero attached hydrogens (tertiary/aromatic N) is 1. The molecule has 0 bridgehead atoms. The van der Waals surface area contributed by atoms with E-state index in [2.05, 4.69) is 0 Å². The maximum absolute atomic E-state index is 12.5. The molecule has 0 unspecified atom stereocenters. The van der Waals surface area contributed by atoms with Gasteiger partial charge in [0.1, 0.15) is 5.75 Å². The Bertz CT molecular complexity index is 793. The molecule has 2 aromatic rings. The molecular weight excluding hydrogens is 360 g/mol. The van der Waals surface area contributed by atoms with Crippen molar-refractivity contribution in [2.45, 2.75) is 11.3 Å². The fourth-order valence-corrected chi connectivity index (χ4v) is 3.76. The number of halogens is 1. The molecule has 1 amide bonds. The van der Waals surface area contributed by atoms with E-state index in [0.717, 1.165) is 5.56 Å². The number of rotatable bonds is 8. The van der Waals surface area contributed by atoms with E-state index in [1.807, 2.05) is 30.3 Å². The number of carbonyl (C=O) groups excluding carboxylic acids is 1. The van der Waals surface area contributed by atoms with Crippen LogP contribution in [0.1, 0.15) is 5.56 Å². The molecule has 0 aliphatic heterocycles. The standard InChI is InChI=1S/C18H21ClN2O3S/c19-16-6-8-17(9-7-16)25(23,24)14-18(22)21(13-11-20)12-10-15-4-2-1-3-5-15/h1-9H,10-14,20H2. The van der Waals surface area contributed by atoms with E-state index < -0.39 is 21.5 Å². The zero-order valence-electron chi connectivity index (χ0n) is 13.8. The van der Waals surface area contributed by atoms with Gasteiger partial charge in [0.05, 0.1) is 4.90 Å². The fourth-order valence-electron chi connectivity index (χ4n) is 2.40. The van der Waals surface area contributed by atoms with Gasteiger partial charge in [-0.15, -0.1) is 0 Å². The smallest absolute Gasteiger partial charge is 0.238 e. The summed E-state index contributed by atoms with van der Waals surface area (Å²) in [6.07, 6.45) is 0.646. The molecule has 0 fully saturated rings. The van der Waals surface area contributed by atoms with Crippen molar-refractivity contribution < 1.29 is 13.2 Å². The Kier molecular flexibility index (Phi) is 6.99. The third-order valence-electron chi connectivity index (χ3n) is 3.75. The van der Waals surface area contributed by atoms with E-state index in [0.29, 0.717) is 24.5 Å². The molecular formula is C18H21ClN2O3S. The second-order valence-electron chi connectivity index (χ2n) is 5.62. The molecule has 0 spiro atoms. The molecule has 0 aliphatic carbocycles. The van der Waals surface area contributed by atoms with Crippen LogP contribution in [0.15, 0.2) is 59.5 Å². The highest BCUT2D eigenvalue weighted by molar-refractivity contribution is 7.92. The number of amides is 1. The molecule has 7 heteroatoms. The van der Waals surface area contributed by atoms with E-state index in [9.17, 15) is 13.2 Å². The minimum atomic E-state index is -3.71. The van der Waals surface area contributed by atoms with Crippen LogP contribution in [0.3, 0.4) is 0 Å². The first-order chi connectivity index (χ1) is 11.9. The number of sulfone groups is 1. The predicted octanol–water partition coefficient (Wildman–Crippen LogP) is 2.14. The second-order valence-corrected chi connectivity index (χ2v) is 8.04. The Morgan fingerprint density at radius 1 is 1.00 bits per heavy atom. The summed E-state index contributed by atoms with van der Waals surface area (Å²) in [5, 5.41) is 0.442. The van der Waals surface area contributed by atoms with Crippen LogP contribution in [0.2, 0.25) is 5.02 Å². The third-order valence-corrected chi connectivity index (χ3v) is 5.62. The normalized spacial score (nSPS) is 11.3. The van der Waals surface area contributed by atoms with E-state index in [1.165, 1.54) is 29.2 Å². The average molecular weight is 381 g/mol. The highest BCUT2D eigenvalue weighted by Crippen LogP contribution is 2.16. The molecule has 2 aromatic carbocycles. The van der Waals surface area contributed by atoms with Crippen molar-refractivity contribution in [1.29, 1.82) is 0 Å². The summed E-state index contributed by atoms with van der Waals surface area (Å²) >= 11 is 5.77. The molecule has 0 atom stereocenters. The summed E-state index contributed by atoms with van der Waals surface area (Å²) in [4.78, 5) is 14.1. The molecule has 25 heavy (non-hydrogen) atoms. The zero-order valence-corrected chi connectivity index (χ0v) is 15.3. The van der Waals surface area contributed by atoms with Gasteiger partial charge in [0, 0.05) is 24.7 Å². The topological polar surface area (TPSA) is 80.5 Å². The van der Waals surface area contributed by atoms with E-state index in [-0.39, 0.29) is 11.4 Å². The SMILES string of the molecule is NCCN(CCc1ccccc1)C(=O)CS(=O)(=O)c1ccc(Cl)cc1. The van der Waals surface area contributed by atoms with Crippen molar-refractivity contribution in [1.82, 2.24) is 4.90 Å². The summed E-state index contributed by atoms with van der Waals surface area (Å²) in [5.74, 6) is -1.03. The molecule has 0 aromatic heterocycles. The Balaban J connectivity index is 2.04. The quantitative estimate of drug-likeness (QED) is 0.760. The van der Waals surface area contributed by atoms with Crippen LogP contribution in [0.25, 0.3) is 0 Å². The van der Waals surface area contributed by atoms with Gasteiger partial charge in [-0.3, -0.25) is 4.79 Å². The summed E-state index contributed by atoms with van der Waals surface area (Å²) in [5.41, 5.74) is 6.65. The van der Waals surface area contributed by atoms with Crippen molar-refractivity contribution >= 4 is 27.3 Å². The van der Waals surface area contributed by atoms with Gasteiger partial charge in [0.15, 0.2) is 9.84 Å². The number of benzene rings is 2. The average Bonchev–Trinajstić information content (AvgIpc) is 2.59. The first kappa shape index (κ1) is 19.4. The molecule has 2 rings (SSSR count). The molecule has 0 heterocycles. The van der Waals surface area contributed by atoms with Crippen LogP contribution in [-0.4, -0.2) is 44.6 Å². The zero-order chi connectivity index (χ0) is 18.3. The van der Waals surface area contributed by atoms with Crippen LogP contribution < -0.4 is 5.73 Å². The monoisotopic (exact) mass is 380 g/mol. The molecule has 2 N–H and O–H groups in total. The van der Waals surface area contributed by atoms with Gasteiger partial charge in [-0.25, -0.2) is 8.42 Å². The largest absolute Gasteiger partial charge is 0.340 e. The van der Waals surface area contributed by atoms with Crippen molar-refractivity contribution in [2.75, 3.05) is 25.4 Å². The third kappa shape index (κ3) is 5.85. The highest BCUT2D eigenvalue weighted by atomic mass is 35.5. The molecule has 0 aliphatic rings. The maximum atomic E-state index is 12.5. The van der Waals surface area contributed by atoms with Gasteiger partial charge < -0.3 is 10.6 Å². The van der Waals surface area contributed by atoms with E-state index >= 15 is 0 Å². The van der Waals surface area contributed by atoms with Crippen LogP contribution in [-0.2, 0) is 21.1 Å². The Morgan fingerprint density at radius 2 is 1.64 bits per heavy atom. The number of hydrogen-bond acceptors (Lipinski definition) is 4. The second kappa shape index (κ2) is 8.99. The summed E-state index contributed by atoms with van der Waals surface area (Å²) < 4.78 is 24.8. The lowest BCUT2D eigenvalue weighted by Crippen LogP contribution is -2.40. The molecule has 134 valence electrons. The van der Waals surface area contributed by atoms with E-state index in [1.54, 1.807) is 0 Å². The van der Waals surface area contributed by atoms with Gasteiger partial charge in [-0.1, -0.05) is 41.9 Å². The Hall–Kier alpha value is -1.89. The molecule has 0 saturated heterocycles. The van der Waals surface area contributed by atoms with Gasteiger partial charge in [0.2, 0.25) is 5.91 Å². The number of nitrogens with two attached hydrogens (primary N) is 1. The summed E-state index contributed by atoms with van der Waals surface area (Å²) in [7, 11) is -3.71. The molecule has 0 saturated carbocycles. The summed E-state index contributed by atoms with van der Waals surface area (Å²) in [6, 6.07) is 15.5. The number of hydrogen-bond donors (Lipinski definition) is 1. The van der Waals surface area contributed by atoms with Crippen molar-refractivity contribution in [3.63, 3.8) is 0 Å². The van der Waals surface area contributed by atoms with Crippen molar-refractivity contribution in [2.24, 2.45) is 5.73 Å². The molecule has 5 nitrogen and oxygen atoms in total. The lowest BCUT2D eigenvalue weighted by atomic mass is 10.1. The minimum absolute atomic E-state index is 0.0843. The first-order valence-corrected chi connectivity index (χ1v) is 9.95. The van der Waals surface area contributed by atoms with Crippen LogP contribution in [0, 0.1) is 0 Å². The Labute approximate surface area is 153 Å². The van der Waals surface area contributed by atoms with Crippen LogP contribution in [0.5, 0.6) is 0 Å². The minimum Gasteiger partial charge on any atom is -0.340 e. The molecule has 0 radical (unpaired) electrons. The van der Waals surface area contributed by atoms with Crippen LogP contribution in [0.4, 0.5) is 0 Å². The highest BCUT2D eigenvalue weighted by Gasteiger charge is 2.23. The maximum Gasteiger partial charge on any atom is 0.238 e. The van der Waals surface area contributed by atoms with Crippen LogP contribution >= 0.6 is 11.6 Å². The van der Waals surface area contributed by atoms with Gasteiger partial charge in [0.25, 0.3) is 0 Å². The fraction of sp³-hybridized carbons (Fsp3) is 0.278. The predicted molar refractivity (Wildman–Crippen MR) is 99.3 cm³/mol. The van der Waals surface area contributed by atoms with E-state index in [4.69, 9.17) is 17.3 Å².